The van der Waals surface area contributed by atoms with Crippen molar-refractivity contribution in [1.29, 1.82) is 0 Å². The molecule has 0 bridgehead atoms. The summed E-state index contributed by atoms with van der Waals surface area (Å²) in [6, 6.07) is 5.99. The zero-order chi connectivity index (χ0) is 15.9. The number of phenolic OH excluding ortho intramolecular Hbond substituents is 1. The molecule has 0 fully saturated rings. The van der Waals surface area contributed by atoms with Crippen LogP contribution in [0, 0.1) is 11.6 Å². The molecule has 6 heteroatoms. The van der Waals surface area contributed by atoms with Crippen molar-refractivity contribution in [3.05, 3.63) is 63.7 Å². The molecule has 2 N–H and O–H groups in total. The van der Waals surface area contributed by atoms with Crippen LogP contribution in [0.15, 0.2) is 30.3 Å². The van der Waals surface area contributed by atoms with Gasteiger partial charge in [-0.2, -0.15) is 0 Å². The second-order valence-corrected chi connectivity index (χ2v) is 5.59. The number of hydrogen-bond donors (Lipinski definition) is 2. The minimum absolute atomic E-state index is 0.242. The fourth-order valence-corrected chi connectivity index (χ4v) is 2.97. The van der Waals surface area contributed by atoms with Crippen molar-refractivity contribution in [2.75, 3.05) is 0 Å². The van der Waals surface area contributed by atoms with Gasteiger partial charge in [0.2, 0.25) is 0 Å². The molecule has 3 nitrogen and oxygen atoms in total. The number of benzene rings is 2. The van der Waals surface area contributed by atoms with Crippen LogP contribution in [0.1, 0.15) is 33.9 Å². The highest BCUT2D eigenvalue weighted by molar-refractivity contribution is 6.30. The zero-order valence-corrected chi connectivity index (χ0v) is 12.1. The Morgan fingerprint density at radius 1 is 1.27 bits per heavy atom. The van der Waals surface area contributed by atoms with E-state index in [-0.39, 0.29) is 5.02 Å². The number of phenols is 1. The average molecular weight is 324 g/mol. The van der Waals surface area contributed by atoms with Gasteiger partial charge in [-0.05, 0) is 48.2 Å². The van der Waals surface area contributed by atoms with Crippen LogP contribution >= 0.6 is 11.6 Å². The summed E-state index contributed by atoms with van der Waals surface area (Å²) in [7, 11) is 0. The van der Waals surface area contributed by atoms with Gasteiger partial charge in [-0.25, -0.2) is 8.78 Å². The second kappa shape index (κ2) is 5.57. The van der Waals surface area contributed by atoms with Gasteiger partial charge in [0.15, 0.2) is 0 Å². The van der Waals surface area contributed by atoms with E-state index in [0.29, 0.717) is 24.0 Å². The van der Waals surface area contributed by atoms with Gasteiger partial charge in [0.25, 0.3) is 5.91 Å². The molecule has 1 amide bonds. The van der Waals surface area contributed by atoms with Gasteiger partial charge in [-0.15, -0.1) is 0 Å². The van der Waals surface area contributed by atoms with Crippen LogP contribution in [0.3, 0.4) is 0 Å². The fourth-order valence-electron chi connectivity index (χ4n) is 2.76. The Hall–Kier alpha value is -2.14. The van der Waals surface area contributed by atoms with Gasteiger partial charge in [0.1, 0.15) is 22.9 Å². The molecule has 2 aromatic rings. The van der Waals surface area contributed by atoms with Crippen LogP contribution in [0.5, 0.6) is 5.75 Å². The molecule has 0 unspecified atom stereocenters. The maximum atomic E-state index is 13.8. The van der Waals surface area contributed by atoms with Crippen molar-refractivity contribution in [3.8, 4) is 5.75 Å². The molecular weight excluding hydrogens is 312 g/mol. The van der Waals surface area contributed by atoms with Crippen LogP contribution in [0.4, 0.5) is 8.78 Å². The molecule has 3 rings (SSSR count). The highest BCUT2D eigenvalue weighted by atomic mass is 35.5. The van der Waals surface area contributed by atoms with E-state index < -0.39 is 34.9 Å². The lowest BCUT2D eigenvalue weighted by Gasteiger charge is -2.15. The van der Waals surface area contributed by atoms with Crippen LogP contribution in [-0.4, -0.2) is 11.0 Å². The molecule has 0 aromatic heterocycles. The predicted molar refractivity (Wildman–Crippen MR) is 78.0 cm³/mol. The predicted octanol–water partition coefficient (Wildman–Crippen LogP) is 3.74. The first-order valence-corrected chi connectivity index (χ1v) is 7.11. The SMILES string of the molecule is O=C(N[C@@H]1CCc2c(F)cc(Cl)cc21)c1c(O)cccc1F. The maximum Gasteiger partial charge on any atom is 0.258 e. The van der Waals surface area contributed by atoms with Crippen LogP contribution in [-0.2, 0) is 6.42 Å². The average Bonchev–Trinajstić information content (AvgIpc) is 2.82. The van der Waals surface area contributed by atoms with E-state index >= 15 is 0 Å². The van der Waals surface area contributed by atoms with Gasteiger partial charge < -0.3 is 10.4 Å². The second-order valence-electron chi connectivity index (χ2n) is 5.15. The Morgan fingerprint density at radius 3 is 2.77 bits per heavy atom. The van der Waals surface area contributed by atoms with Crippen molar-refractivity contribution in [2.24, 2.45) is 0 Å². The molecule has 0 radical (unpaired) electrons. The van der Waals surface area contributed by atoms with Crippen molar-refractivity contribution in [1.82, 2.24) is 5.32 Å². The van der Waals surface area contributed by atoms with E-state index in [4.69, 9.17) is 11.6 Å². The number of rotatable bonds is 2. The first kappa shape index (κ1) is 14.8. The van der Waals surface area contributed by atoms with Crippen LogP contribution < -0.4 is 5.32 Å². The summed E-state index contributed by atoms with van der Waals surface area (Å²) in [6.45, 7) is 0. The fraction of sp³-hybridized carbons (Fsp3) is 0.188. The summed E-state index contributed by atoms with van der Waals surface area (Å²) in [5, 5.41) is 12.5. The Kier molecular flexibility index (Phi) is 3.74. The van der Waals surface area contributed by atoms with E-state index in [1.807, 2.05) is 0 Å². The molecule has 0 spiro atoms. The lowest BCUT2D eigenvalue weighted by atomic mass is 10.1. The first-order chi connectivity index (χ1) is 10.5. The van der Waals surface area contributed by atoms with Gasteiger partial charge in [-0.1, -0.05) is 17.7 Å². The molecule has 2 aromatic carbocycles. The van der Waals surface area contributed by atoms with Crippen molar-refractivity contribution in [3.63, 3.8) is 0 Å². The molecular formula is C16H12ClF2NO2. The first-order valence-electron chi connectivity index (χ1n) is 6.73. The highest BCUT2D eigenvalue weighted by Gasteiger charge is 2.28. The summed E-state index contributed by atoms with van der Waals surface area (Å²) < 4.78 is 27.5. The smallest absolute Gasteiger partial charge is 0.258 e. The largest absolute Gasteiger partial charge is 0.507 e. The Bertz CT molecular complexity index is 744. The van der Waals surface area contributed by atoms with Crippen molar-refractivity contribution < 1.29 is 18.7 Å². The molecule has 0 saturated heterocycles. The lowest BCUT2D eigenvalue weighted by molar-refractivity contribution is 0.0929. The Balaban J connectivity index is 1.89. The van der Waals surface area contributed by atoms with E-state index in [0.717, 1.165) is 6.07 Å². The summed E-state index contributed by atoms with van der Waals surface area (Å²) in [5.74, 6) is -2.40. The summed E-state index contributed by atoms with van der Waals surface area (Å²) in [6.07, 6.45) is 0.958. The minimum atomic E-state index is -0.812. The number of amides is 1. The molecule has 0 aliphatic heterocycles. The standard InChI is InChI=1S/C16H12ClF2NO2/c17-8-6-10-9(12(19)7-8)4-5-13(10)20-16(22)15-11(18)2-1-3-14(15)21/h1-3,6-7,13,21H,4-5H2,(H,20,22)/t13-/m1/s1. The summed E-state index contributed by atoms with van der Waals surface area (Å²) >= 11 is 5.85. The number of fused-ring (bicyclic) bond motifs is 1. The molecule has 1 aliphatic carbocycles. The topological polar surface area (TPSA) is 49.3 Å². The summed E-state index contributed by atoms with van der Waals surface area (Å²) in [4.78, 5) is 12.2. The van der Waals surface area contributed by atoms with E-state index in [2.05, 4.69) is 5.32 Å². The number of halogens is 3. The van der Waals surface area contributed by atoms with Gasteiger partial charge in [0, 0.05) is 5.02 Å². The third kappa shape index (κ3) is 2.52. The normalized spacial score (nSPS) is 16.4. The van der Waals surface area contributed by atoms with E-state index in [1.54, 1.807) is 6.07 Å². The monoisotopic (exact) mass is 323 g/mol. The molecule has 0 saturated carbocycles. The number of carbonyl (C=O) groups excluding carboxylic acids is 1. The third-order valence-corrected chi connectivity index (χ3v) is 4.00. The Morgan fingerprint density at radius 2 is 2.05 bits per heavy atom. The van der Waals surface area contributed by atoms with Crippen molar-refractivity contribution in [2.45, 2.75) is 18.9 Å². The van der Waals surface area contributed by atoms with Crippen LogP contribution in [0.25, 0.3) is 0 Å². The zero-order valence-electron chi connectivity index (χ0n) is 11.4. The van der Waals surface area contributed by atoms with Crippen LogP contribution in [0.2, 0.25) is 5.02 Å². The Labute approximate surface area is 130 Å². The van der Waals surface area contributed by atoms with E-state index in [1.165, 1.54) is 18.2 Å². The van der Waals surface area contributed by atoms with E-state index in [9.17, 15) is 18.7 Å². The number of carbonyl (C=O) groups is 1. The number of aromatic hydroxyl groups is 1. The lowest BCUT2D eigenvalue weighted by Crippen LogP contribution is -2.28. The third-order valence-electron chi connectivity index (χ3n) is 3.78. The number of nitrogens with one attached hydrogen (secondary N) is 1. The molecule has 1 atom stereocenters. The van der Waals surface area contributed by atoms with Gasteiger partial charge in [0.05, 0.1) is 6.04 Å². The number of hydrogen-bond acceptors (Lipinski definition) is 2. The molecule has 22 heavy (non-hydrogen) atoms. The van der Waals surface area contributed by atoms with Crippen molar-refractivity contribution >= 4 is 17.5 Å². The highest BCUT2D eigenvalue weighted by Crippen LogP contribution is 2.35. The minimum Gasteiger partial charge on any atom is -0.507 e. The summed E-state index contributed by atoms with van der Waals surface area (Å²) in [5.41, 5.74) is 0.681. The van der Waals surface area contributed by atoms with Gasteiger partial charge >= 0.3 is 0 Å². The molecule has 0 heterocycles. The molecule has 114 valence electrons. The maximum absolute atomic E-state index is 13.8. The van der Waals surface area contributed by atoms with Gasteiger partial charge in [-0.3, -0.25) is 4.79 Å². The molecule has 1 aliphatic rings. The quantitative estimate of drug-likeness (QED) is 0.884.